The van der Waals surface area contributed by atoms with Gasteiger partial charge in [-0.15, -0.1) is 4.90 Å². The molecule has 7 N–H and O–H groups in total. The molecule has 0 unspecified atom stereocenters. The number of hydrogen-bond donors (Lipinski definition) is 6. The molecule has 3 atom stereocenters. The zero-order valence-electron chi connectivity index (χ0n) is 39.6. The molecule has 6 amide bonds. The van der Waals surface area contributed by atoms with Gasteiger partial charge in [0.2, 0.25) is 23.7 Å². The Morgan fingerprint density at radius 2 is 1.10 bits per heavy atom. The second kappa shape index (κ2) is 28.9. The minimum absolute atomic E-state index is 0.000107. The fourth-order valence-electron chi connectivity index (χ4n) is 6.13. The molecule has 71 heavy (non-hydrogen) atoms. The molecule has 0 spiro atoms. The van der Waals surface area contributed by atoms with Gasteiger partial charge < -0.3 is 55.8 Å². The summed E-state index contributed by atoms with van der Waals surface area (Å²) in [4.78, 5) is 109. The van der Waals surface area contributed by atoms with Crippen LogP contribution in [0.5, 0.6) is 0 Å². The summed E-state index contributed by atoms with van der Waals surface area (Å²) in [5.74, 6) is -5.87. The van der Waals surface area contributed by atoms with Crippen molar-refractivity contribution in [3.05, 3.63) is 144 Å². The van der Waals surface area contributed by atoms with Crippen LogP contribution in [0, 0.1) is 0 Å². The van der Waals surface area contributed by atoms with E-state index in [1.54, 1.807) is 142 Å². The number of esters is 1. The molecule has 0 aromatic heterocycles. The number of aliphatic carboxylic acids is 1. The molecular formula is C50H59N7O14. The first kappa shape index (κ1) is 55.3. The molecule has 378 valence electrons. The van der Waals surface area contributed by atoms with Crippen molar-refractivity contribution in [3.63, 3.8) is 0 Å². The van der Waals surface area contributed by atoms with Crippen molar-refractivity contribution in [2.24, 2.45) is 10.7 Å². The molecule has 0 heterocycles. The Labute approximate surface area is 410 Å². The Kier molecular flexibility index (Phi) is 22.5. The SMILES string of the molecule is CC(C)(C)OC(=O)N[C@@H](CCCN=C(N)N(C(=O)OCc1ccccc1)C(=O)OCc1ccccc1)C(=O)NCC(=O)N[C@@H](CC(=O)OCc1ccccc1)C(=O)N[C@@H](COCc1ccccc1)C(=O)O. The van der Waals surface area contributed by atoms with Crippen LogP contribution in [-0.2, 0) is 74.1 Å². The number of guanidine groups is 1. The first-order chi connectivity index (χ1) is 34.0. The third-order valence-electron chi connectivity index (χ3n) is 9.64. The van der Waals surface area contributed by atoms with Crippen molar-refractivity contribution in [2.45, 2.75) is 90.2 Å². The lowest BCUT2D eigenvalue weighted by atomic mass is 10.1. The topological polar surface area (TPSA) is 293 Å². The average molecular weight is 982 g/mol. The predicted molar refractivity (Wildman–Crippen MR) is 255 cm³/mol. The van der Waals surface area contributed by atoms with Gasteiger partial charge in [0.25, 0.3) is 0 Å². The third kappa shape index (κ3) is 21.2. The first-order valence-electron chi connectivity index (χ1n) is 22.4. The van der Waals surface area contributed by atoms with E-state index in [4.69, 9.17) is 29.4 Å². The van der Waals surface area contributed by atoms with Crippen molar-refractivity contribution in [3.8, 4) is 0 Å². The Balaban J connectivity index is 1.43. The van der Waals surface area contributed by atoms with E-state index in [1.165, 1.54) is 0 Å². The molecule has 0 aliphatic heterocycles. The van der Waals surface area contributed by atoms with Crippen LogP contribution >= 0.6 is 0 Å². The van der Waals surface area contributed by atoms with Gasteiger partial charge in [-0.25, -0.2) is 19.2 Å². The highest BCUT2D eigenvalue weighted by Crippen LogP contribution is 2.11. The number of carbonyl (C=O) groups excluding carboxylic acids is 7. The minimum Gasteiger partial charge on any atom is -0.480 e. The maximum Gasteiger partial charge on any atom is 0.426 e. The van der Waals surface area contributed by atoms with Crippen molar-refractivity contribution < 1.29 is 67.1 Å². The number of carboxylic acid groups (broad SMARTS) is 1. The third-order valence-corrected chi connectivity index (χ3v) is 9.64. The van der Waals surface area contributed by atoms with Crippen LogP contribution in [0.15, 0.2) is 126 Å². The zero-order chi connectivity index (χ0) is 51.6. The van der Waals surface area contributed by atoms with Gasteiger partial charge in [-0.3, -0.25) is 24.2 Å². The van der Waals surface area contributed by atoms with Crippen molar-refractivity contribution in [1.82, 2.24) is 26.2 Å². The Hall–Kier alpha value is -8.33. The lowest BCUT2D eigenvalue weighted by Crippen LogP contribution is -2.55. The number of ether oxygens (including phenoxy) is 5. The number of nitrogens with two attached hydrogens (primary N) is 1. The zero-order valence-corrected chi connectivity index (χ0v) is 39.6. The summed E-state index contributed by atoms with van der Waals surface area (Å²) in [7, 11) is 0. The molecular weight excluding hydrogens is 923 g/mol. The number of carboxylic acids is 1. The van der Waals surface area contributed by atoms with Gasteiger partial charge in [-0.1, -0.05) is 121 Å². The van der Waals surface area contributed by atoms with E-state index in [-0.39, 0.29) is 45.8 Å². The average Bonchev–Trinajstić information content (AvgIpc) is 3.34. The number of alkyl carbamates (subject to hydrolysis) is 1. The van der Waals surface area contributed by atoms with Crippen LogP contribution in [-0.4, -0.2) is 107 Å². The van der Waals surface area contributed by atoms with E-state index in [0.29, 0.717) is 21.6 Å². The standard InChI is InChI=1S/C50H59N7O14/c1-50(2,3)71-47(64)56-38(25-16-26-52-46(51)57(48(65)69-31-36-21-12-6-13-22-36)49(66)70-32-37-23-14-7-15-24-37)43(60)53-28-41(58)54-39(27-42(59)68-30-35-19-10-5-11-20-35)44(61)55-40(45(62)63)33-67-29-34-17-8-4-9-18-34/h4-15,17-24,38-40H,16,25-33H2,1-3H3,(H2,51,52)(H,53,60)(H,54,58)(H,55,61)(H,56,64)(H,62,63)/t38-,39-,40-/m0/s1. The molecule has 0 saturated carbocycles. The van der Waals surface area contributed by atoms with Crippen LogP contribution in [0.4, 0.5) is 14.4 Å². The summed E-state index contributed by atoms with van der Waals surface area (Å²) >= 11 is 0. The van der Waals surface area contributed by atoms with Crippen molar-refractivity contribution in [2.75, 3.05) is 19.7 Å². The van der Waals surface area contributed by atoms with Gasteiger partial charge in [0.15, 0.2) is 6.04 Å². The van der Waals surface area contributed by atoms with E-state index in [1.807, 2.05) is 0 Å². The summed E-state index contributed by atoms with van der Waals surface area (Å²) < 4.78 is 26.8. The fourth-order valence-corrected chi connectivity index (χ4v) is 6.13. The number of amides is 6. The highest BCUT2D eigenvalue weighted by Gasteiger charge is 2.32. The van der Waals surface area contributed by atoms with E-state index in [9.17, 15) is 43.5 Å². The molecule has 21 nitrogen and oxygen atoms in total. The molecule has 0 bridgehead atoms. The number of imide groups is 1. The highest BCUT2D eigenvalue weighted by molar-refractivity contribution is 6.07. The second-order valence-electron chi connectivity index (χ2n) is 16.6. The number of hydrogen-bond acceptors (Lipinski definition) is 14. The largest absolute Gasteiger partial charge is 0.480 e. The van der Waals surface area contributed by atoms with Gasteiger partial charge >= 0.3 is 30.2 Å². The highest BCUT2D eigenvalue weighted by atomic mass is 16.6. The first-order valence-corrected chi connectivity index (χ1v) is 22.4. The second-order valence-corrected chi connectivity index (χ2v) is 16.6. The van der Waals surface area contributed by atoms with Crippen molar-refractivity contribution >= 4 is 53.9 Å². The molecule has 4 aromatic rings. The van der Waals surface area contributed by atoms with Gasteiger partial charge in [0.1, 0.15) is 37.5 Å². The smallest absolute Gasteiger partial charge is 0.426 e. The summed E-state index contributed by atoms with van der Waals surface area (Å²) in [5.41, 5.74) is 7.83. The van der Waals surface area contributed by atoms with Crippen LogP contribution in [0.3, 0.4) is 0 Å². The molecule has 0 aliphatic rings. The van der Waals surface area contributed by atoms with E-state index in [2.05, 4.69) is 26.3 Å². The van der Waals surface area contributed by atoms with Crippen LogP contribution in [0.1, 0.15) is 62.3 Å². The number of benzene rings is 4. The Bertz CT molecular complexity index is 2350. The Morgan fingerprint density at radius 3 is 1.58 bits per heavy atom. The maximum atomic E-state index is 13.6. The maximum absolute atomic E-state index is 13.6. The summed E-state index contributed by atoms with van der Waals surface area (Å²) in [6, 6.07) is 30.2. The predicted octanol–water partition coefficient (Wildman–Crippen LogP) is 4.47. The number of aliphatic imine (C=N–C) groups is 1. The summed E-state index contributed by atoms with van der Waals surface area (Å²) in [6.45, 7) is 2.83. The van der Waals surface area contributed by atoms with E-state index >= 15 is 0 Å². The van der Waals surface area contributed by atoms with Crippen LogP contribution < -0.4 is 27.0 Å². The molecule has 21 heteroatoms. The van der Waals surface area contributed by atoms with Gasteiger partial charge in [0, 0.05) is 6.54 Å². The van der Waals surface area contributed by atoms with Gasteiger partial charge in [-0.2, -0.15) is 0 Å². The van der Waals surface area contributed by atoms with E-state index < -0.39 is 97.2 Å². The molecule has 0 radical (unpaired) electrons. The number of rotatable bonds is 24. The van der Waals surface area contributed by atoms with Gasteiger partial charge in [0.05, 0.1) is 26.2 Å². The molecule has 4 aromatic carbocycles. The van der Waals surface area contributed by atoms with Gasteiger partial charge in [-0.05, 0) is 55.9 Å². The minimum atomic E-state index is -1.68. The molecule has 4 rings (SSSR count). The van der Waals surface area contributed by atoms with Crippen molar-refractivity contribution in [1.29, 1.82) is 0 Å². The lowest BCUT2D eigenvalue weighted by Gasteiger charge is -2.24. The number of carbonyl (C=O) groups is 8. The Morgan fingerprint density at radius 1 is 0.620 bits per heavy atom. The molecule has 0 saturated heterocycles. The lowest BCUT2D eigenvalue weighted by molar-refractivity contribution is -0.148. The quantitative estimate of drug-likeness (QED) is 0.0186. The monoisotopic (exact) mass is 981 g/mol. The van der Waals surface area contributed by atoms with Crippen LogP contribution in [0.25, 0.3) is 0 Å². The number of nitrogens with zero attached hydrogens (tertiary/aromatic N) is 2. The molecule has 0 fully saturated rings. The fraction of sp³-hybridized carbons (Fsp3) is 0.340. The normalized spacial score (nSPS) is 12.4. The summed E-state index contributed by atoms with van der Waals surface area (Å²) in [6.07, 6.45) is -4.21. The molecule has 0 aliphatic carbocycles. The van der Waals surface area contributed by atoms with Crippen LogP contribution in [0.2, 0.25) is 0 Å². The summed E-state index contributed by atoms with van der Waals surface area (Å²) in [5, 5.41) is 19.3. The van der Waals surface area contributed by atoms with E-state index in [0.717, 1.165) is 5.56 Å². The number of nitrogens with one attached hydrogen (secondary N) is 4.